The van der Waals surface area contributed by atoms with Gasteiger partial charge < -0.3 is 9.47 Å². The Kier molecular flexibility index (Phi) is 16.7. The van der Waals surface area contributed by atoms with Gasteiger partial charge in [-0.05, 0) is 38.2 Å². The standard InChI is InChI=1S/C19H38O3S2/c1-6-7-8-9-10-11-14-17(23-4)18(24-5)15-12-13-16(21-2)19(20)22-3/h16-18H,6-15H2,1-5H3. The number of carbonyl (C=O) groups excluding carboxylic acids is 1. The first-order valence-corrected chi connectivity index (χ1v) is 11.9. The molecule has 0 spiro atoms. The summed E-state index contributed by atoms with van der Waals surface area (Å²) in [6.45, 7) is 2.27. The fourth-order valence-corrected chi connectivity index (χ4v) is 5.36. The molecule has 0 saturated carbocycles. The number of ether oxygens (including phenoxy) is 2. The van der Waals surface area contributed by atoms with Crippen molar-refractivity contribution >= 4 is 29.5 Å². The first kappa shape index (κ1) is 24.1. The molecule has 0 aromatic carbocycles. The Bertz CT molecular complexity index is 300. The Morgan fingerprint density at radius 1 is 0.833 bits per heavy atom. The van der Waals surface area contributed by atoms with E-state index in [4.69, 9.17) is 9.47 Å². The summed E-state index contributed by atoms with van der Waals surface area (Å²) in [6.07, 6.45) is 16.4. The molecule has 0 rings (SSSR count). The number of thioether (sulfide) groups is 2. The summed E-state index contributed by atoms with van der Waals surface area (Å²) in [6, 6.07) is 0. The van der Waals surface area contributed by atoms with Gasteiger partial charge in [0, 0.05) is 17.6 Å². The van der Waals surface area contributed by atoms with Crippen LogP contribution in [-0.4, -0.2) is 49.3 Å². The minimum absolute atomic E-state index is 0.258. The van der Waals surface area contributed by atoms with Crippen LogP contribution in [0.15, 0.2) is 0 Å². The van der Waals surface area contributed by atoms with Gasteiger partial charge in [0.15, 0.2) is 6.10 Å². The van der Waals surface area contributed by atoms with E-state index in [1.54, 1.807) is 7.11 Å². The molecule has 5 heteroatoms. The molecule has 3 unspecified atom stereocenters. The van der Waals surface area contributed by atoms with Gasteiger partial charge in [0.05, 0.1) is 7.11 Å². The molecule has 0 aliphatic carbocycles. The van der Waals surface area contributed by atoms with Crippen LogP contribution in [-0.2, 0) is 14.3 Å². The average molecular weight is 379 g/mol. The van der Waals surface area contributed by atoms with Crippen LogP contribution in [0.5, 0.6) is 0 Å². The number of unbranched alkanes of at least 4 members (excludes halogenated alkanes) is 5. The highest BCUT2D eigenvalue weighted by molar-refractivity contribution is 8.03. The molecule has 0 heterocycles. The fraction of sp³-hybridized carbons (Fsp3) is 0.947. The van der Waals surface area contributed by atoms with Gasteiger partial charge in [0.1, 0.15) is 0 Å². The highest BCUT2D eigenvalue weighted by Crippen LogP contribution is 2.30. The number of hydrogen-bond acceptors (Lipinski definition) is 5. The van der Waals surface area contributed by atoms with Crippen molar-refractivity contribution < 1.29 is 14.3 Å². The van der Waals surface area contributed by atoms with Crippen molar-refractivity contribution in [3.63, 3.8) is 0 Å². The third-order valence-corrected chi connectivity index (χ3v) is 7.08. The van der Waals surface area contributed by atoms with Crippen LogP contribution >= 0.6 is 23.5 Å². The van der Waals surface area contributed by atoms with Gasteiger partial charge >= 0.3 is 5.97 Å². The van der Waals surface area contributed by atoms with E-state index in [0.717, 1.165) is 19.3 Å². The normalized spacial score (nSPS) is 15.0. The minimum atomic E-state index is -0.413. The van der Waals surface area contributed by atoms with Crippen molar-refractivity contribution in [1.82, 2.24) is 0 Å². The lowest BCUT2D eigenvalue weighted by atomic mass is 10.0. The Labute approximate surface area is 158 Å². The van der Waals surface area contributed by atoms with Gasteiger partial charge in [-0.1, -0.05) is 45.4 Å². The van der Waals surface area contributed by atoms with Crippen LogP contribution in [0.4, 0.5) is 0 Å². The van der Waals surface area contributed by atoms with Crippen LogP contribution in [0.2, 0.25) is 0 Å². The molecule has 0 radical (unpaired) electrons. The predicted molar refractivity (Wildman–Crippen MR) is 109 cm³/mol. The summed E-state index contributed by atoms with van der Waals surface area (Å²) < 4.78 is 10.0. The highest BCUT2D eigenvalue weighted by Gasteiger charge is 2.22. The fourth-order valence-electron chi connectivity index (χ4n) is 3.00. The zero-order chi connectivity index (χ0) is 18.2. The first-order chi connectivity index (χ1) is 11.6. The number of rotatable bonds is 16. The van der Waals surface area contributed by atoms with Gasteiger partial charge in [0.2, 0.25) is 0 Å². The molecule has 0 fully saturated rings. The first-order valence-electron chi connectivity index (χ1n) is 9.30. The summed E-state index contributed by atoms with van der Waals surface area (Å²) in [5, 5.41) is 1.37. The number of esters is 1. The highest BCUT2D eigenvalue weighted by atomic mass is 32.2. The van der Waals surface area contributed by atoms with Crippen LogP contribution in [0.25, 0.3) is 0 Å². The largest absolute Gasteiger partial charge is 0.467 e. The molecule has 0 aromatic heterocycles. The molecule has 24 heavy (non-hydrogen) atoms. The van der Waals surface area contributed by atoms with E-state index in [1.165, 1.54) is 52.1 Å². The second-order valence-corrected chi connectivity index (χ2v) is 8.44. The lowest BCUT2D eigenvalue weighted by Crippen LogP contribution is -2.25. The van der Waals surface area contributed by atoms with Crippen LogP contribution < -0.4 is 0 Å². The molecule has 0 bridgehead atoms. The molecule has 0 saturated heterocycles. The van der Waals surface area contributed by atoms with Gasteiger partial charge in [-0.25, -0.2) is 4.79 Å². The van der Waals surface area contributed by atoms with Crippen LogP contribution in [0.1, 0.15) is 71.1 Å². The van der Waals surface area contributed by atoms with Crippen molar-refractivity contribution in [2.24, 2.45) is 0 Å². The van der Waals surface area contributed by atoms with E-state index in [9.17, 15) is 4.79 Å². The smallest absolute Gasteiger partial charge is 0.334 e. The number of hydrogen-bond donors (Lipinski definition) is 0. The van der Waals surface area contributed by atoms with E-state index in [0.29, 0.717) is 10.5 Å². The van der Waals surface area contributed by atoms with Crippen LogP contribution in [0, 0.1) is 0 Å². The van der Waals surface area contributed by atoms with E-state index in [2.05, 4.69) is 19.4 Å². The second kappa shape index (κ2) is 16.6. The Morgan fingerprint density at radius 2 is 1.38 bits per heavy atom. The molecular weight excluding hydrogens is 340 g/mol. The van der Waals surface area contributed by atoms with Crippen molar-refractivity contribution in [3.05, 3.63) is 0 Å². The molecule has 0 amide bonds. The lowest BCUT2D eigenvalue weighted by Gasteiger charge is -2.25. The Balaban J connectivity index is 4.10. The quantitative estimate of drug-likeness (QED) is 0.259. The zero-order valence-electron chi connectivity index (χ0n) is 16.3. The Morgan fingerprint density at radius 3 is 1.88 bits per heavy atom. The second-order valence-electron chi connectivity index (χ2n) is 6.28. The monoisotopic (exact) mass is 378 g/mol. The van der Waals surface area contributed by atoms with Gasteiger partial charge in [-0.2, -0.15) is 23.5 Å². The van der Waals surface area contributed by atoms with E-state index in [-0.39, 0.29) is 5.97 Å². The molecular formula is C19H38O3S2. The lowest BCUT2D eigenvalue weighted by molar-refractivity contribution is -0.152. The molecule has 0 aliphatic rings. The van der Waals surface area contributed by atoms with Crippen molar-refractivity contribution in [3.8, 4) is 0 Å². The molecule has 0 aromatic rings. The third-order valence-electron chi connectivity index (χ3n) is 4.57. The molecule has 0 aliphatic heterocycles. The summed E-state index contributed by atoms with van der Waals surface area (Å²) >= 11 is 3.97. The average Bonchev–Trinajstić information content (AvgIpc) is 2.61. The number of carbonyl (C=O) groups is 1. The van der Waals surface area contributed by atoms with Crippen molar-refractivity contribution in [2.45, 2.75) is 87.7 Å². The molecule has 3 nitrogen and oxygen atoms in total. The minimum Gasteiger partial charge on any atom is -0.467 e. The summed E-state index contributed by atoms with van der Waals surface area (Å²) in [5.41, 5.74) is 0. The van der Waals surface area contributed by atoms with Gasteiger partial charge in [-0.15, -0.1) is 0 Å². The maximum atomic E-state index is 11.6. The predicted octanol–water partition coefficient (Wildman–Crippen LogP) is 5.56. The van der Waals surface area contributed by atoms with E-state index >= 15 is 0 Å². The summed E-state index contributed by atoms with van der Waals surface area (Å²) in [5.74, 6) is -0.258. The van der Waals surface area contributed by atoms with E-state index in [1.807, 2.05) is 23.5 Å². The SMILES string of the molecule is CCCCCCCCC(SC)C(CCCC(OC)C(=O)OC)SC. The van der Waals surface area contributed by atoms with E-state index < -0.39 is 6.10 Å². The maximum Gasteiger partial charge on any atom is 0.334 e. The summed E-state index contributed by atoms with van der Waals surface area (Å²) in [7, 11) is 3.00. The number of methoxy groups -OCH3 is 2. The van der Waals surface area contributed by atoms with Crippen molar-refractivity contribution in [2.75, 3.05) is 26.7 Å². The molecule has 3 atom stereocenters. The van der Waals surface area contributed by atoms with Gasteiger partial charge in [0.25, 0.3) is 0 Å². The van der Waals surface area contributed by atoms with Crippen LogP contribution in [0.3, 0.4) is 0 Å². The Hall–Kier alpha value is 0.130. The van der Waals surface area contributed by atoms with Gasteiger partial charge in [-0.3, -0.25) is 0 Å². The maximum absolute atomic E-state index is 11.6. The zero-order valence-corrected chi connectivity index (χ0v) is 18.0. The third kappa shape index (κ3) is 10.9. The molecule has 144 valence electrons. The topological polar surface area (TPSA) is 35.5 Å². The van der Waals surface area contributed by atoms with Crippen molar-refractivity contribution in [1.29, 1.82) is 0 Å². The summed E-state index contributed by atoms with van der Waals surface area (Å²) in [4.78, 5) is 11.6. The molecule has 0 N–H and O–H groups in total.